The van der Waals surface area contributed by atoms with Gasteiger partial charge in [-0.25, -0.2) is 19.7 Å². The van der Waals surface area contributed by atoms with Gasteiger partial charge in [0.05, 0.1) is 23.0 Å². The summed E-state index contributed by atoms with van der Waals surface area (Å²) in [6, 6.07) is 18.2. The quantitative estimate of drug-likeness (QED) is 0.161. The number of aromatic nitrogens is 4. The van der Waals surface area contributed by atoms with Gasteiger partial charge < -0.3 is 24.8 Å². The number of para-hydroxylation sites is 1. The second-order valence-corrected chi connectivity index (χ2v) is 15.6. The molecule has 0 radical (unpaired) electrons. The van der Waals surface area contributed by atoms with E-state index < -0.39 is 17.1 Å². The lowest BCUT2D eigenvalue weighted by Crippen LogP contribution is -2.43. The fourth-order valence-corrected chi connectivity index (χ4v) is 7.42. The maximum absolute atomic E-state index is 13.9. The molecule has 6 rings (SSSR count). The number of amides is 2. The highest BCUT2D eigenvalue weighted by Gasteiger charge is 2.61. The van der Waals surface area contributed by atoms with E-state index in [1.807, 2.05) is 82.3 Å². The highest BCUT2D eigenvalue weighted by molar-refractivity contribution is 5.89. The molecule has 2 aromatic carbocycles. The summed E-state index contributed by atoms with van der Waals surface area (Å²) in [7, 11) is 4.07. The number of aryl methyl sites for hydroxylation is 1. The van der Waals surface area contributed by atoms with Crippen molar-refractivity contribution in [2.45, 2.75) is 96.7 Å². The zero-order valence-electron chi connectivity index (χ0n) is 30.3. The number of ether oxygens (including phenoxy) is 1. The topological polar surface area (TPSA) is 114 Å². The molecule has 0 saturated heterocycles. The number of nitrogens with one attached hydrogen (secondary N) is 2. The van der Waals surface area contributed by atoms with Gasteiger partial charge >= 0.3 is 6.09 Å². The van der Waals surface area contributed by atoms with Gasteiger partial charge in [-0.3, -0.25) is 4.79 Å². The predicted molar refractivity (Wildman–Crippen MR) is 197 cm³/mol. The first-order valence-corrected chi connectivity index (χ1v) is 18.2. The Bertz CT molecular complexity index is 1760. The normalized spacial score (nSPS) is 21.8. The number of hydrogen-bond donors (Lipinski definition) is 2. The first-order chi connectivity index (χ1) is 24.0. The van der Waals surface area contributed by atoms with Gasteiger partial charge in [0.1, 0.15) is 17.2 Å². The Kier molecular flexibility index (Phi) is 10.7. The molecule has 2 aliphatic rings. The number of carbonyl (C=O) groups is 2. The van der Waals surface area contributed by atoms with E-state index in [0.717, 1.165) is 53.9 Å². The van der Waals surface area contributed by atoms with E-state index >= 15 is 0 Å². The maximum atomic E-state index is 13.9. The molecular formula is C40H53N7O3. The fraction of sp³-hybridized carbons (Fsp3) is 0.525. The lowest BCUT2D eigenvalue weighted by molar-refractivity contribution is -0.126. The van der Waals surface area contributed by atoms with Crippen molar-refractivity contribution in [2.24, 2.45) is 17.3 Å². The van der Waals surface area contributed by atoms with Gasteiger partial charge in [0.2, 0.25) is 5.91 Å². The minimum Gasteiger partial charge on any atom is -0.444 e. The zero-order chi connectivity index (χ0) is 35.3. The molecule has 2 amide bonds. The van der Waals surface area contributed by atoms with E-state index in [2.05, 4.69) is 44.8 Å². The number of benzene rings is 2. The number of alkyl carbamates (subject to hydrolysis) is 1. The maximum Gasteiger partial charge on any atom is 0.407 e. The van der Waals surface area contributed by atoms with E-state index in [0.29, 0.717) is 37.8 Å². The molecule has 2 fully saturated rings. The summed E-state index contributed by atoms with van der Waals surface area (Å²) >= 11 is 0. The van der Waals surface area contributed by atoms with Crippen LogP contribution in [0.2, 0.25) is 0 Å². The van der Waals surface area contributed by atoms with Crippen LogP contribution in [0.1, 0.15) is 82.8 Å². The van der Waals surface area contributed by atoms with Crippen molar-refractivity contribution < 1.29 is 14.3 Å². The molecule has 0 aliphatic heterocycles. The van der Waals surface area contributed by atoms with Crippen LogP contribution < -0.4 is 15.5 Å². The third-order valence-corrected chi connectivity index (χ3v) is 10.2. The number of imidazole rings is 1. The first-order valence-electron chi connectivity index (χ1n) is 18.2. The van der Waals surface area contributed by atoms with Gasteiger partial charge in [0, 0.05) is 57.7 Å². The molecule has 2 aromatic heterocycles. The number of nitrogens with zero attached hydrogens (tertiary/aromatic N) is 5. The minimum atomic E-state index is -0.739. The number of carbonyl (C=O) groups excluding carboxylic acids is 2. The van der Waals surface area contributed by atoms with Crippen LogP contribution in [0.15, 0.2) is 67.1 Å². The molecule has 10 heteroatoms. The minimum absolute atomic E-state index is 0.00855. The molecule has 2 aliphatic carbocycles. The van der Waals surface area contributed by atoms with Crippen LogP contribution in [0.25, 0.3) is 10.9 Å². The van der Waals surface area contributed by atoms with Gasteiger partial charge in [-0.2, -0.15) is 0 Å². The Morgan fingerprint density at radius 1 is 0.980 bits per heavy atom. The van der Waals surface area contributed by atoms with Gasteiger partial charge in [0.15, 0.2) is 0 Å². The van der Waals surface area contributed by atoms with Gasteiger partial charge in [-0.05, 0) is 76.0 Å². The van der Waals surface area contributed by atoms with Crippen LogP contribution in [-0.2, 0) is 28.9 Å². The summed E-state index contributed by atoms with van der Waals surface area (Å²) in [5.41, 5.74) is 1.68. The molecule has 10 nitrogen and oxygen atoms in total. The summed E-state index contributed by atoms with van der Waals surface area (Å²) in [5.74, 6) is 3.04. The smallest absolute Gasteiger partial charge is 0.407 e. The van der Waals surface area contributed by atoms with Crippen LogP contribution in [0, 0.1) is 17.3 Å². The fourth-order valence-electron chi connectivity index (χ4n) is 7.42. The summed E-state index contributed by atoms with van der Waals surface area (Å²) in [6.45, 7) is 6.89. The largest absolute Gasteiger partial charge is 0.444 e. The second-order valence-electron chi connectivity index (χ2n) is 15.6. The molecule has 50 heavy (non-hydrogen) atoms. The third-order valence-electron chi connectivity index (χ3n) is 10.2. The molecule has 1 unspecified atom stereocenters. The average Bonchev–Trinajstić information content (AvgIpc) is 3.58. The lowest BCUT2D eigenvalue weighted by Gasteiger charge is -2.29. The summed E-state index contributed by atoms with van der Waals surface area (Å²) in [4.78, 5) is 43.0. The van der Waals surface area contributed by atoms with Crippen LogP contribution in [0.4, 0.5) is 10.6 Å². The molecular weight excluding hydrogens is 626 g/mol. The van der Waals surface area contributed by atoms with Crippen LogP contribution in [-0.4, -0.2) is 63.8 Å². The highest BCUT2D eigenvalue weighted by Crippen LogP contribution is 2.49. The Hall–Kier alpha value is -4.47. The van der Waals surface area contributed by atoms with Crippen molar-refractivity contribution in [3.05, 3.63) is 84.2 Å². The van der Waals surface area contributed by atoms with Gasteiger partial charge in [0.25, 0.3) is 0 Å². The Morgan fingerprint density at radius 3 is 2.44 bits per heavy atom. The number of hydrogen-bond acceptors (Lipinski definition) is 7. The molecule has 4 aromatic rings. The predicted octanol–water partition coefficient (Wildman–Crippen LogP) is 6.71. The molecule has 0 spiro atoms. The van der Waals surface area contributed by atoms with Crippen LogP contribution in [0.3, 0.4) is 0 Å². The van der Waals surface area contributed by atoms with E-state index in [4.69, 9.17) is 14.7 Å². The van der Waals surface area contributed by atoms with Gasteiger partial charge in [-0.1, -0.05) is 61.7 Å². The average molecular weight is 680 g/mol. The second kappa shape index (κ2) is 15.2. The summed E-state index contributed by atoms with van der Waals surface area (Å²) in [6.07, 6.45) is 12.1. The Balaban J connectivity index is 0.998. The van der Waals surface area contributed by atoms with Gasteiger partial charge in [-0.15, -0.1) is 0 Å². The molecule has 2 saturated carbocycles. The van der Waals surface area contributed by atoms with Crippen LogP contribution in [0.5, 0.6) is 0 Å². The zero-order valence-corrected chi connectivity index (χ0v) is 30.3. The first kappa shape index (κ1) is 35.4. The van der Waals surface area contributed by atoms with E-state index in [9.17, 15) is 9.59 Å². The Labute approximate surface area is 296 Å². The Morgan fingerprint density at radius 2 is 1.70 bits per heavy atom. The third kappa shape index (κ3) is 9.00. The van der Waals surface area contributed by atoms with E-state index in [-0.39, 0.29) is 11.9 Å². The summed E-state index contributed by atoms with van der Waals surface area (Å²) in [5, 5.41) is 7.36. The lowest BCUT2D eigenvalue weighted by atomic mass is 9.79. The molecule has 2 N–H and O–H groups in total. The van der Waals surface area contributed by atoms with Crippen molar-refractivity contribution in [2.75, 3.05) is 25.5 Å². The molecule has 266 valence electrons. The van der Waals surface area contributed by atoms with Crippen molar-refractivity contribution in [1.29, 1.82) is 0 Å². The van der Waals surface area contributed by atoms with E-state index in [1.54, 1.807) is 0 Å². The SMILES string of the molecule is CN(C)c1nc(CCCC2CCC(CNC(=O)C3(Cc4cn(Cc5ccccc5)cn4)C[C@H]3NC(=O)OC(C)(C)C)CC2)nc2ccccc12. The monoisotopic (exact) mass is 679 g/mol. The molecule has 2 heterocycles. The van der Waals surface area contributed by atoms with Crippen molar-refractivity contribution in [1.82, 2.24) is 30.2 Å². The molecule has 0 bridgehead atoms. The number of fused-ring (bicyclic) bond motifs is 1. The van der Waals surface area contributed by atoms with Crippen LogP contribution >= 0.6 is 0 Å². The number of rotatable bonds is 13. The van der Waals surface area contributed by atoms with E-state index in [1.165, 1.54) is 24.8 Å². The summed E-state index contributed by atoms with van der Waals surface area (Å²) < 4.78 is 7.57. The van der Waals surface area contributed by atoms with Crippen molar-refractivity contribution in [3.8, 4) is 0 Å². The highest BCUT2D eigenvalue weighted by atomic mass is 16.6. The van der Waals surface area contributed by atoms with Crippen molar-refractivity contribution >= 4 is 28.7 Å². The number of anilines is 1. The van der Waals surface area contributed by atoms with Crippen molar-refractivity contribution in [3.63, 3.8) is 0 Å². The standard InChI is InChI=1S/C40H53N7O3/c1-39(2,3)50-38(49)44-34-23-40(34,22-31-26-47(27-42-31)25-30-12-7-6-8-13-30)37(48)41-24-29-20-18-28(19-21-29)14-11-17-35-43-33-16-10-9-15-32(33)36(45-35)46(4)5/h6-10,12-13,15-16,26-29,34H,11,14,17-25H2,1-5H3,(H,41,48)(H,44,49)/t28?,29?,34-,40?/m1/s1. The molecule has 2 atom stereocenters.